The van der Waals surface area contributed by atoms with Crippen molar-refractivity contribution in [1.82, 2.24) is 10.6 Å². The molecule has 0 bridgehead atoms. The monoisotopic (exact) mass is 274 g/mol. The van der Waals surface area contributed by atoms with Gasteiger partial charge in [-0.25, -0.2) is 0 Å². The molecule has 0 radical (unpaired) electrons. The smallest absolute Gasteiger partial charge is 0.251 e. The number of carbonyl (C=O) groups is 1. The highest BCUT2D eigenvalue weighted by atomic mass is 16.5. The van der Waals surface area contributed by atoms with Crippen molar-refractivity contribution in [3.63, 3.8) is 0 Å². The van der Waals surface area contributed by atoms with E-state index in [4.69, 9.17) is 4.74 Å². The molecule has 20 heavy (non-hydrogen) atoms. The maximum absolute atomic E-state index is 11.9. The van der Waals surface area contributed by atoms with Gasteiger partial charge in [0.25, 0.3) is 5.91 Å². The molecule has 0 saturated carbocycles. The van der Waals surface area contributed by atoms with Gasteiger partial charge in [-0.05, 0) is 49.9 Å². The van der Waals surface area contributed by atoms with Crippen LogP contribution in [0.3, 0.4) is 0 Å². The van der Waals surface area contributed by atoms with Crippen molar-refractivity contribution in [3.05, 3.63) is 34.9 Å². The van der Waals surface area contributed by atoms with Crippen molar-refractivity contribution < 1.29 is 9.53 Å². The fourth-order valence-electron chi connectivity index (χ4n) is 3.16. The maximum Gasteiger partial charge on any atom is 0.251 e. The van der Waals surface area contributed by atoms with Gasteiger partial charge in [0.2, 0.25) is 0 Å². The van der Waals surface area contributed by atoms with E-state index in [9.17, 15) is 4.79 Å². The van der Waals surface area contributed by atoms with Crippen molar-refractivity contribution >= 4 is 5.91 Å². The van der Waals surface area contributed by atoms with E-state index in [0.29, 0.717) is 6.10 Å². The van der Waals surface area contributed by atoms with E-state index in [0.717, 1.165) is 50.0 Å². The first-order chi connectivity index (χ1) is 9.78. The lowest BCUT2D eigenvalue weighted by atomic mass is 9.93. The Hall–Kier alpha value is -1.39. The van der Waals surface area contributed by atoms with Crippen LogP contribution in [0.5, 0.6) is 0 Å². The first kappa shape index (κ1) is 13.6. The predicted octanol–water partition coefficient (Wildman–Crippen LogP) is 1.80. The Kier molecular flexibility index (Phi) is 4.03. The minimum Gasteiger partial charge on any atom is -0.378 e. The molecule has 0 aliphatic carbocycles. The topological polar surface area (TPSA) is 50.4 Å². The van der Waals surface area contributed by atoms with Crippen molar-refractivity contribution in [3.8, 4) is 0 Å². The minimum absolute atomic E-state index is 0.0556. The molecule has 0 aromatic heterocycles. The molecule has 0 spiro atoms. The fourth-order valence-corrected chi connectivity index (χ4v) is 3.16. The molecule has 4 nitrogen and oxygen atoms in total. The van der Waals surface area contributed by atoms with Crippen LogP contribution in [0.4, 0.5) is 0 Å². The van der Waals surface area contributed by atoms with Crippen LogP contribution < -0.4 is 10.6 Å². The van der Waals surface area contributed by atoms with Gasteiger partial charge in [0.05, 0.1) is 6.10 Å². The first-order valence-corrected chi connectivity index (χ1v) is 7.48. The van der Waals surface area contributed by atoms with E-state index in [1.54, 1.807) is 0 Å². The van der Waals surface area contributed by atoms with Crippen molar-refractivity contribution in [2.75, 3.05) is 20.2 Å². The van der Waals surface area contributed by atoms with Crippen molar-refractivity contribution in [1.29, 1.82) is 0 Å². The van der Waals surface area contributed by atoms with E-state index in [1.807, 2.05) is 13.1 Å². The number of hydrogen-bond donors (Lipinski definition) is 2. The summed E-state index contributed by atoms with van der Waals surface area (Å²) in [6, 6.07) is 6.54. The number of fused-ring (bicyclic) bond motifs is 1. The van der Waals surface area contributed by atoms with Crippen molar-refractivity contribution in [2.45, 2.75) is 37.8 Å². The molecule has 108 valence electrons. The third-order valence-corrected chi connectivity index (χ3v) is 4.33. The maximum atomic E-state index is 11.9. The molecule has 2 unspecified atom stereocenters. The molecule has 2 atom stereocenters. The SMILES string of the molecule is CNC(CC1CCCO1)c1ccc2c(c1)C(=O)NCC2. The van der Waals surface area contributed by atoms with E-state index < -0.39 is 0 Å². The molecule has 2 aliphatic heterocycles. The number of hydrogen-bond acceptors (Lipinski definition) is 3. The third kappa shape index (κ3) is 2.72. The molecule has 2 N–H and O–H groups in total. The summed E-state index contributed by atoms with van der Waals surface area (Å²) in [5.74, 6) is 0.0556. The lowest BCUT2D eigenvalue weighted by Gasteiger charge is -2.23. The summed E-state index contributed by atoms with van der Waals surface area (Å²) in [5.41, 5.74) is 3.17. The van der Waals surface area contributed by atoms with Gasteiger partial charge in [-0.1, -0.05) is 12.1 Å². The Morgan fingerprint density at radius 1 is 1.50 bits per heavy atom. The van der Waals surface area contributed by atoms with Crippen LogP contribution in [0.1, 0.15) is 46.8 Å². The Morgan fingerprint density at radius 3 is 3.15 bits per heavy atom. The summed E-state index contributed by atoms with van der Waals surface area (Å²) < 4.78 is 5.72. The van der Waals surface area contributed by atoms with Gasteiger partial charge in [0.15, 0.2) is 0 Å². The number of rotatable bonds is 4. The van der Waals surface area contributed by atoms with Gasteiger partial charge in [0.1, 0.15) is 0 Å². The van der Waals surface area contributed by atoms with Gasteiger partial charge in [0, 0.05) is 24.8 Å². The second-order valence-electron chi connectivity index (χ2n) is 5.63. The average molecular weight is 274 g/mol. The van der Waals surface area contributed by atoms with Crippen LogP contribution in [0.2, 0.25) is 0 Å². The summed E-state index contributed by atoms with van der Waals surface area (Å²) in [6.07, 6.45) is 4.54. The van der Waals surface area contributed by atoms with Crippen LogP contribution in [0, 0.1) is 0 Å². The summed E-state index contributed by atoms with van der Waals surface area (Å²) in [6.45, 7) is 1.63. The lowest BCUT2D eigenvalue weighted by molar-refractivity contribution is 0.0944. The predicted molar refractivity (Wildman–Crippen MR) is 77.9 cm³/mol. The second-order valence-corrected chi connectivity index (χ2v) is 5.63. The number of nitrogens with one attached hydrogen (secondary N) is 2. The van der Waals surface area contributed by atoms with E-state index in [1.165, 1.54) is 5.56 Å². The van der Waals surface area contributed by atoms with Gasteiger partial charge >= 0.3 is 0 Å². The Labute approximate surface area is 119 Å². The molecule has 4 heteroatoms. The number of benzene rings is 1. The standard InChI is InChI=1S/C16H22N2O2/c1-17-15(10-13-3-2-8-20-13)12-5-4-11-6-7-18-16(19)14(11)9-12/h4-5,9,13,15,17H,2-3,6-8,10H2,1H3,(H,18,19). The first-order valence-electron chi connectivity index (χ1n) is 7.48. The van der Waals surface area contributed by atoms with Gasteiger partial charge in [-0.15, -0.1) is 0 Å². The highest BCUT2D eigenvalue weighted by molar-refractivity contribution is 5.96. The van der Waals surface area contributed by atoms with Gasteiger partial charge < -0.3 is 15.4 Å². The Morgan fingerprint density at radius 2 is 2.40 bits per heavy atom. The highest BCUT2D eigenvalue weighted by Crippen LogP contribution is 2.27. The number of amides is 1. The van der Waals surface area contributed by atoms with Crippen LogP contribution in [0.25, 0.3) is 0 Å². The average Bonchev–Trinajstić information content (AvgIpc) is 2.98. The van der Waals surface area contributed by atoms with Gasteiger partial charge in [-0.2, -0.15) is 0 Å². The molecule has 3 rings (SSSR count). The number of ether oxygens (including phenoxy) is 1. The molecule has 1 saturated heterocycles. The Bertz CT molecular complexity index is 495. The van der Waals surface area contributed by atoms with Crippen molar-refractivity contribution in [2.24, 2.45) is 0 Å². The second kappa shape index (κ2) is 5.94. The zero-order valence-electron chi connectivity index (χ0n) is 11.9. The molecule has 1 aromatic carbocycles. The molecule has 1 amide bonds. The summed E-state index contributed by atoms with van der Waals surface area (Å²) in [5, 5.41) is 6.27. The zero-order chi connectivity index (χ0) is 13.9. The zero-order valence-corrected chi connectivity index (χ0v) is 11.9. The summed E-state index contributed by atoms with van der Waals surface area (Å²) >= 11 is 0. The van der Waals surface area contributed by atoms with E-state index in [-0.39, 0.29) is 11.9 Å². The highest BCUT2D eigenvalue weighted by Gasteiger charge is 2.23. The van der Waals surface area contributed by atoms with Crippen LogP contribution in [0.15, 0.2) is 18.2 Å². The van der Waals surface area contributed by atoms with Crippen LogP contribution in [-0.4, -0.2) is 32.2 Å². The number of carbonyl (C=O) groups excluding carboxylic acids is 1. The normalized spacial score (nSPS) is 23.2. The molecule has 1 fully saturated rings. The van der Waals surface area contributed by atoms with Crippen LogP contribution in [-0.2, 0) is 11.2 Å². The lowest BCUT2D eigenvalue weighted by Crippen LogP contribution is -2.32. The molecule has 2 heterocycles. The Balaban J connectivity index is 1.80. The molecular formula is C16H22N2O2. The van der Waals surface area contributed by atoms with Crippen LogP contribution >= 0.6 is 0 Å². The largest absolute Gasteiger partial charge is 0.378 e. The summed E-state index contributed by atoms with van der Waals surface area (Å²) in [4.78, 5) is 11.9. The molecule has 2 aliphatic rings. The van der Waals surface area contributed by atoms with E-state index >= 15 is 0 Å². The molecule has 1 aromatic rings. The minimum atomic E-state index is 0.0556. The molecular weight excluding hydrogens is 252 g/mol. The quantitative estimate of drug-likeness (QED) is 0.880. The third-order valence-electron chi connectivity index (χ3n) is 4.33. The fraction of sp³-hybridized carbons (Fsp3) is 0.562. The van der Waals surface area contributed by atoms with Gasteiger partial charge in [-0.3, -0.25) is 4.79 Å². The van der Waals surface area contributed by atoms with E-state index in [2.05, 4.69) is 22.8 Å². The summed E-state index contributed by atoms with van der Waals surface area (Å²) in [7, 11) is 1.97.